The monoisotopic (exact) mass is 482 g/mol. The van der Waals surface area contributed by atoms with E-state index in [0.29, 0.717) is 25.3 Å². The van der Waals surface area contributed by atoms with E-state index in [-0.39, 0.29) is 29.7 Å². The number of carbonyl (C=O) groups excluding carboxylic acids is 2. The van der Waals surface area contributed by atoms with Gasteiger partial charge in [-0.3, -0.25) is 4.79 Å². The minimum atomic E-state index is -0.718. The van der Waals surface area contributed by atoms with E-state index in [1.165, 1.54) is 7.11 Å². The number of benzene rings is 2. The minimum Gasteiger partial charge on any atom is -0.467 e. The van der Waals surface area contributed by atoms with E-state index in [0.717, 1.165) is 11.3 Å². The van der Waals surface area contributed by atoms with Crippen LogP contribution in [0.3, 0.4) is 0 Å². The van der Waals surface area contributed by atoms with Crippen LogP contribution in [0.4, 0.5) is 23.3 Å². The van der Waals surface area contributed by atoms with Gasteiger partial charge < -0.3 is 25.0 Å². The molecule has 2 aromatic carbocycles. The molecule has 1 aliphatic heterocycles. The number of aromatic nitrogens is 3. The number of morpholine rings is 1. The van der Waals surface area contributed by atoms with Crippen LogP contribution in [-0.4, -0.2) is 59.7 Å². The smallest absolute Gasteiger partial charge is 0.328 e. The molecular formula is C23H23ClN6O4. The lowest BCUT2D eigenvalue weighted by Gasteiger charge is -2.26. The molecule has 0 aliphatic carbocycles. The van der Waals surface area contributed by atoms with Gasteiger partial charge in [0.1, 0.15) is 12.6 Å². The molecule has 1 amide bonds. The Morgan fingerprint density at radius 2 is 1.85 bits per heavy atom. The molecule has 0 bridgehead atoms. The van der Waals surface area contributed by atoms with Crippen molar-refractivity contribution in [2.75, 3.05) is 42.4 Å². The zero-order valence-corrected chi connectivity index (χ0v) is 19.2. The molecular weight excluding hydrogens is 460 g/mol. The number of nitrogens with one attached hydrogen (secondary N) is 2. The molecule has 176 valence electrons. The third-order valence-electron chi connectivity index (χ3n) is 5.10. The average molecular weight is 483 g/mol. The number of halogens is 1. The lowest BCUT2D eigenvalue weighted by molar-refractivity contribution is -0.141. The predicted molar refractivity (Wildman–Crippen MR) is 127 cm³/mol. The van der Waals surface area contributed by atoms with E-state index in [1.807, 2.05) is 42.5 Å². The maximum atomic E-state index is 12.3. The quantitative estimate of drug-likeness (QED) is 0.467. The van der Waals surface area contributed by atoms with E-state index in [1.54, 1.807) is 17.0 Å². The van der Waals surface area contributed by atoms with Crippen molar-refractivity contribution in [2.45, 2.75) is 12.5 Å². The summed E-state index contributed by atoms with van der Waals surface area (Å²) in [5.74, 6) is -0.212. The van der Waals surface area contributed by atoms with Crippen LogP contribution in [0.1, 0.15) is 5.56 Å². The molecule has 2 N–H and O–H groups in total. The number of ether oxygens (including phenoxy) is 2. The Hall–Kier alpha value is -3.76. The largest absolute Gasteiger partial charge is 0.467 e. The van der Waals surface area contributed by atoms with Crippen LogP contribution in [0.25, 0.3) is 0 Å². The SMILES string of the molecule is COC(=O)[C@H](Cc1ccccc1)Nc1nc(Cl)nc(Nc2ccc(N3CCOCC3=O)cc2)n1. The first kappa shape index (κ1) is 23.4. The number of hydrogen-bond donors (Lipinski definition) is 2. The number of anilines is 4. The van der Waals surface area contributed by atoms with Crippen molar-refractivity contribution in [1.29, 1.82) is 0 Å². The maximum Gasteiger partial charge on any atom is 0.328 e. The number of rotatable bonds is 8. The van der Waals surface area contributed by atoms with Gasteiger partial charge in [0.2, 0.25) is 17.2 Å². The Balaban J connectivity index is 1.47. The molecule has 0 unspecified atom stereocenters. The molecule has 1 saturated heterocycles. The fraction of sp³-hybridized carbons (Fsp3) is 0.261. The molecule has 0 saturated carbocycles. The first-order valence-electron chi connectivity index (χ1n) is 10.6. The number of hydrogen-bond acceptors (Lipinski definition) is 9. The summed E-state index contributed by atoms with van der Waals surface area (Å²) in [6.07, 6.45) is 0.376. The van der Waals surface area contributed by atoms with Gasteiger partial charge in [-0.15, -0.1) is 0 Å². The molecule has 10 nitrogen and oxygen atoms in total. The van der Waals surface area contributed by atoms with Crippen molar-refractivity contribution in [2.24, 2.45) is 0 Å². The van der Waals surface area contributed by atoms with E-state index in [2.05, 4.69) is 25.6 Å². The van der Waals surface area contributed by atoms with Gasteiger partial charge in [-0.05, 0) is 41.4 Å². The van der Waals surface area contributed by atoms with Gasteiger partial charge in [0.05, 0.1) is 13.7 Å². The zero-order valence-electron chi connectivity index (χ0n) is 18.4. The maximum absolute atomic E-state index is 12.3. The molecule has 1 aromatic heterocycles. The fourth-order valence-corrected chi connectivity index (χ4v) is 3.62. The summed E-state index contributed by atoms with van der Waals surface area (Å²) < 4.78 is 10.1. The molecule has 1 aliphatic rings. The van der Waals surface area contributed by atoms with Crippen molar-refractivity contribution in [3.8, 4) is 0 Å². The second-order valence-corrected chi connectivity index (χ2v) is 7.77. The van der Waals surface area contributed by atoms with Crippen LogP contribution in [0.2, 0.25) is 5.28 Å². The first-order chi connectivity index (χ1) is 16.5. The lowest BCUT2D eigenvalue weighted by Crippen LogP contribution is -2.41. The van der Waals surface area contributed by atoms with Crippen LogP contribution >= 0.6 is 11.6 Å². The van der Waals surface area contributed by atoms with E-state index in [4.69, 9.17) is 21.1 Å². The third-order valence-corrected chi connectivity index (χ3v) is 5.27. The summed E-state index contributed by atoms with van der Waals surface area (Å²) >= 11 is 6.10. The molecule has 0 radical (unpaired) electrons. The van der Waals surface area contributed by atoms with Gasteiger partial charge in [-0.25, -0.2) is 4.79 Å². The van der Waals surface area contributed by atoms with Crippen molar-refractivity contribution in [3.05, 3.63) is 65.4 Å². The molecule has 1 atom stereocenters. The second-order valence-electron chi connectivity index (χ2n) is 7.43. The van der Waals surface area contributed by atoms with Crippen molar-refractivity contribution >= 4 is 46.7 Å². The van der Waals surface area contributed by atoms with Crippen molar-refractivity contribution < 1.29 is 19.1 Å². The highest BCUT2D eigenvalue weighted by Crippen LogP contribution is 2.22. The first-order valence-corrected chi connectivity index (χ1v) is 10.9. The van der Waals surface area contributed by atoms with Gasteiger partial charge >= 0.3 is 5.97 Å². The molecule has 34 heavy (non-hydrogen) atoms. The zero-order chi connectivity index (χ0) is 23.9. The van der Waals surface area contributed by atoms with Gasteiger partial charge in [-0.1, -0.05) is 30.3 Å². The summed E-state index contributed by atoms with van der Waals surface area (Å²) in [6, 6.07) is 16.0. The number of nitrogens with zero attached hydrogens (tertiary/aromatic N) is 4. The van der Waals surface area contributed by atoms with Gasteiger partial charge in [0, 0.05) is 24.3 Å². The highest BCUT2D eigenvalue weighted by atomic mass is 35.5. The Morgan fingerprint density at radius 3 is 2.56 bits per heavy atom. The van der Waals surface area contributed by atoms with Gasteiger partial charge in [-0.2, -0.15) is 15.0 Å². The van der Waals surface area contributed by atoms with Crippen LogP contribution in [0.15, 0.2) is 54.6 Å². The topological polar surface area (TPSA) is 119 Å². The molecule has 1 fully saturated rings. The number of esters is 1. The summed E-state index contributed by atoms with van der Waals surface area (Å²) in [5.41, 5.74) is 2.41. The lowest BCUT2D eigenvalue weighted by atomic mass is 10.1. The van der Waals surface area contributed by atoms with Gasteiger partial charge in [0.25, 0.3) is 5.91 Å². The summed E-state index contributed by atoms with van der Waals surface area (Å²) in [5, 5.41) is 6.00. The van der Waals surface area contributed by atoms with Crippen molar-refractivity contribution in [1.82, 2.24) is 15.0 Å². The van der Waals surface area contributed by atoms with Crippen LogP contribution in [0, 0.1) is 0 Å². The molecule has 3 aromatic rings. The third kappa shape index (κ3) is 5.97. The minimum absolute atomic E-state index is 0.0427. The highest BCUT2D eigenvalue weighted by molar-refractivity contribution is 6.28. The van der Waals surface area contributed by atoms with Crippen LogP contribution < -0.4 is 15.5 Å². The number of carbonyl (C=O) groups is 2. The van der Waals surface area contributed by atoms with E-state index < -0.39 is 12.0 Å². The fourth-order valence-electron chi connectivity index (χ4n) is 3.46. The van der Waals surface area contributed by atoms with E-state index in [9.17, 15) is 9.59 Å². The normalized spacial score (nSPS) is 14.4. The van der Waals surface area contributed by atoms with Crippen molar-refractivity contribution in [3.63, 3.8) is 0 Å². The number of methoxy groups -OCH3 is 1. The predicted octanol–water partition coefficient (Wildman–Crippen LogP) is 2.83. The summed E-state index contributed by atoms with van der Waals surface area (Å²) in [4.78, 5) is 38.5. The molecule has 11 heteroatoms. The van der Waals surface area contributed by atoms with Crippen LogP contribution in [0.5, 0.6) is 0 Å². The molecule has 4 rings (SSSR count). The summed E-state index contributed by atoms with van der Waals surface area (Å²) in [7, 11) is 1.32. The Kier molecular flexibility index (Phi) is 7.51. The molecule has 2 heterocycles. The van der Waals surface area contributed by atoms with Crippen LogP contribution in [-0.2, 0) is 25.5 Å². The Labute approximate surface area is 201 Å². The van der Waals surface area contributed by atoms with E-state index >= 15 is 0 Å². The second kappa shape index (κ2) is 10.9. The number of amides is 1. The molecule has 0 spiro atoms. The Morgan fingerprint density at radius 1 is 1.12 bits per heavy atom. The highest BCUT2D eigenvalue weighted by Gasteiger charge is 2.22. The average Bonchev–Trinajstić information content (AvgIpc) is 2.84. The standard InChI is InChI=1S/C23H23ClN6O4/c1-33-20(32)18(13-15-5-3-2-4-6-15)26-23-28-21(24)27-22(29-23)25-16-7-9-17(10-8-16)30-11-12-34-14-19(30)31/h2-10,18H,11-14H2,1H3,(H2,25,26,27,28,29)/t18-/m0/s1. The Bertz CT molecular complexity index is 1150. The van der Waals surface area contributed by atoms with Gasteiger partial charge in [0.15, 0.2) is 0 Å². The summed E-state index contributed by atoms with van der Waals surface area (Å²) in [6.45, 7) is 1.09.